The SMILES string of the molecule is C=C(C)C(=O)OCCOC(=O)c1cc(N)cc(N)c1.C=Cc1ccc(C(=O)OCCCCCCOc2ccc(N)cc2N)cc1.Nc1cc(N)cc(C(=O)O)c1. The van der Waals surface area contributed by atoms with Gasteiger partial charge in [-0.1, -0.05) is 31.4 Å². The van der Waals surface area contributed by atoms with Crippen LogP contribution in [-0.4, -0.2) is 55.4 Å². The van der Waals surface area contributed by atoms with Crippen LogP contribution in [0.5, 0.6) is 5.75 Å². The quantitative estimate of drug-likeness (QED) is 0.0227. The van der Waals surface area contributed by atoms with Crippen molar-refractivity contribution < 1.29 is 43.2 Å². The van der Waals surface area contributed by atoms with Crippen molar-refractivity contribution in [1.82, 2.24) is 0 Å². The van der Waals surface area contributed by atoms with Crippen molar-refractivity contribution in [2.45, 2.75) is 32.6 Å². The number of nitrogens with two attached hydrogens (primary N) is 6. The zero-order valence-electron chi connectivity index (χ0n) is 31.3. The number of ether oxygens (including phenoxy) is 4. The zero-order chi connectivity index (χ0) is 41.6. The first-order valence-electron chi connectivity index (χ1n) is 17.3. The predicted molar refractivity (Wildman–Crippen MR) is 220 cm³/mol. The molecular weight excluding hydrogens is 720 g/mol. The third-order valence-electron chi connectivity index (χ3n) is 7.28. The molecular formula is C41H50N6O9. The molecule has 0 bridgehead atoms. The van der Waals surface area contributed by atoms with Gasteiger partial charge in [-0.3, -0.25) is 0 Å². The number of carbonyl (C=O) groups is 4. The second-order valence-corrected chi connectivity index (χ2v) is 12.2. The molecule has 0 aliphatic heterocycles. The van der Waals surface area contributed by atoms with Gasteiger partial charge in [0, 0.05) is 34.0 Å². The number of hydrogen-bond acceptors (Lipinski definition) is 14. The fourth-order valence-corrected chi connectivity index (χ4v) is 4.51. The molecule has 0 aliphatic carbocycles. The van der Waals surface area contributed by atoms with Crippen molar-refractivity contribution in [3.8, 4) is 5.75 Å². The van der Waals surface area contributed by atoms with Crippen molar-refractivity contribution in [3.05, 3.63) is 120 Å². The van der Waals surface area contributed by atoms with Crippen molar-refractivity contribution in [1.29, 1.82) is 0 Å². The summed E-state index contributed by atoms with van der Waals surface area (Å²) in [7, 11) is 0. The van der Waals surface area contributed by atoms with Crippen LogP contribution in [-0.2, 0) is 19.0 Å². The van der Waals surface area contributed by atoms with Gasteiger partial charge in [-0.05, 0) is 105 Å². The third-order valence-corrected chi connectivity index (χ3v) is 7.28. The van der Waals surface area contributed by atoms with Gasteiger partial charge >= 0.3 is 23.9 Å². The number of carboxylic acids is 1. The Morgan fingerprint density at radius 3 is 1.61 bits per heavy atom. The van der Waals surface area contributed by atoms with Crippen LogP contribution in [0.15, 0.2) is 97.6 Å². The maximum atomic E-state index is 11.9. The monoisotopic (exact) mass is 770 g/mol. The molecule has 4 aromatic carbocycles. The summed E-state index contributed by atoms with van der Waals surface area (Å²) in [6.45, 7) is 9.59. The van der Waals surface area contributed by atoms with Gasteiger partial charge in [0.2, 0.25) is 0 Å². The summed E-state index contributed by atoms with van der Waals surface area (Å²) in [5.74, 6) is -1.75. The Labute approximate surface area is 325 Å². The Bertz CT molecular complexity index is 1930. The van der Waals surface area contributed by atoms with Crippen LogP contribution in [0.4, 0.5) is 34.1 Å². The number of aromatic carboxylic acids is 1. The van der Waals surface area contributed by atoms with Crippen LogP contribution in [0.1, 0.15) is 69.2 Å². The van der Waals surface area contributed by atoms with Crippen LogP contribution in [0.3, 0.4) is 0 Å². The number of esters is 3. The summed E-state index contributed by atoms with van der Waals surface area (Å²) < 4.78 is 20.6. The number of carboxylic acid groups (broad SMARTS) is 1. The van der Waals surface area contributed by atoms with Crippen LogP contribution in [0, 0.1) is 0 Å². The molecule has 0 spiro atoms. The van der Waals surface area contributed by atoms with Crippen LogP contribution in [0.2, 0.25) is 0 Å². The van der Waals surface area contributed by atoms with E-state index in [9.17, 15) is 19.2 Å². The molecule has 56 heavy (non-hydrogen) atoms. The van der Waals surface area contributed by atoms with E-state index in [0.29, 0.717) is 58.7 Å². The number of hydrogen-bond donors (Lipinski definition) is 7. The summed E-state index contributed by atoms with van der Waals surface area (Å²) in [6, 6.07) is 21.1. The Morgan fingerprint density at radius 1 is 0.589 bits per heavy atom. The highest BCUT2D eigenvalue weighted by atomic mass is 16.6. The maximum Gasteiger partial charge on any atom is 0.338 e. The fraction of sp³-hybridized carbons (Fsp3) is 0.220. The molecule has 0 fully saturated rings. The minimum Gasteiger partial charge on any atom is -0.491 e. The minimum atomic E-state index is -1.02. The molecule has 0 atom stereocenters. The lowest BCUT2D eigenvalue weighted by molar-refractivity contribution is -0.140. The summed E-state index contributed by atoms with van der Waals surface area (Å²) in [6.07, 6.45) is 5.46. The first kappa shape index (κ1) is 45.0. The molecule has 13 N–H and O–H groups in total. The predicted octanol–water partition coefficient (Wildman–Crippen LogP) is 5.97. The molecule has 4 rings (SSSR count). The van der Waals surface area contributed by atoms with E-state index in [0.717, 1.165) is 31.2 Å². The van der Waals surface area contributed by atoms with Crippen molar-refractivity contribution in [2.75, 3.05) is 60.8 Å². The number of nitrogen functional groups attached to an aromatic ring is 6. The highest BCUT2D eigenvalue weighted by Gasteiger charge is 2.10. The van der Waals surface area contributed by atoms with E-state index in [2.05, 4.69) is 13.2 Å². The highest BCUT2D eigenvalue weighted by Crippen LogP contribution is 2.24. The first-order chi connectivity index (χ1) is 26.6. The van der Waals surface area contributed by atoms with Crippen LogP contribution < -0.4 is 39.1 Å². The van der Waals surface area contributed by atoms with Gasteiger partial charge in [-0.2, -0.15) is 0 Å². The van der Waals surface area contributed by atoms with E-state index in [-0.39, 0.29) is 35.9 Å². The van der Waals surface area contributed by atoms with Gasteiger partial charge in [0.25, 0.3) is 0 Å². The molecule has 4 aromatic rings. The molecule has 0 saturated heterocycles. The Hall–Kier alpha value is -7.16. The summed E-state index contributed by atoms with van der Waals surface area (Å²) in [5, 5.41) is 8.52. The Morgan fingerprint density at radius 2 is 1.09 bits per heavy atom. The average molecular weight is 771 g/mol. The third kappa shape index (κ3) is 17.1. The smallest absolute Gasteiger partial charge is 0.338 e. The molecule has 0 heterocycles. The average Bonchev–Trinajstić information content (AvgIpc) is 3.14. The molecule has 0 unspecified atom stereocenters. The number of anilines is 6. The summed E-state index contributed by atoms with van der Waals surface area (Å²) in [4.78, 5) is 45.0. The number of carbonyl (C=O) groups excluding carboxylic acids is 3. The molecule has 0 radical (unpaired) electrons. The highest BCUT2D eigenvalue weighted by molar-refractivity contribution is 5.92. The van der Waals surface area contributed by atoms with Crippen molar-refractivity contribution in [3.63, 3.8) is 0 Å². The molecule has 15 nitrogen and oxygen atoms in total. The standard InChI is InChI=1S/C21H26N2O3.C13H16N2O4.C7H8N2O2/c1-2-16-7-9-17(10-8-16)21(24)26-14-6-4-3-5-13-25-20-12-11-18(22)15-19(20)23;1-8(2)12(16)18-3-4-19-13(17)9-5-10(14)7-11(15)6-9;8-5-1-4(7(10)11)2-6(9)3-5/h2,7-12,15H,1,3-6,13-14,22-23H2;5-7H,1,3-4,14-15H2,2H3;1-3H,8-9H2,(H,10,11). The lowest BCUT2D eigenvalue weighted by Gasteiger charge is -2.09. The van der Waals surface area contributed by atoms with Gasteiger partial charge in [0.15, 0.2) is 0 Å². The molecule has 15 heteroatoms. The van der Waals surface area contributed by atoms with Crippen molar-refractivity contribution in [2.24, 2.45) is 0 Å². The Kier molecular flexibility index (Phi) is 18.9. The first-order valence-corrected chi connectivity index (χ1v) is 17.3. The number of unbranched alkanes of at least 4 members (excludes halogenated alkanes) is 3. The summed E-state index contributed by atoms with van der Waals surface area (Å²) in [5.41, 5.74) is 38.2. The fourth-order valence-electron chi connectivity index (χ4n) is 4.51. The second-order valence-electron chi connectivity index (χ2n) is 12.2. The van der Waals surface area contributed by atoms with E-state index >= 15 is 0 Å². The van der Waals surface area contributed by atoms with Crippen LogP contribution >= 0.6 is 0 Å². The zero-order valence-corrected chi connectivity index (χ0v) is 31.3. The van der Waals surface area contributed by atoms with Gasteiger partial charge in [-0.15, -0.1) is 0 Å². The second kappa shape index (κ2) is 23.5. The van der Waals surface area contributed by atoms with E-state index in [4.69, 9.17) is 58.5 Å². The van der Waals surface area contributed by atoms with Crippen LogP contribution in [0.25, 0.3) is 6.08 Å². The largest absolute Gasteiger partial charge is 0.491 e. The Balaban J connectivity index is 0.000000315. The van der Waals surface area contributed by atoms with E-state index in [1.54, 1.807) is 36.4 Å². The topological polar surface area (TPSA) is 282 Å². The van der Waals surface area contributed by atoms with E-state index in [1.165, 1.54) is 43.3 Å². The molecule has 0 amide bonds. The lowest BCUT2D eigenvalue weighted by Crippen LogP contribution is -2.14. The molecule has 0 saturated carbocycles. The molecule has 0 aliphatic rings. The normalized spacial score (nSPS) is 9.95. The van der Waals surface area contributed by atoms with Crippen molar-refractivity contribution >= 4 is 64.1 Å². The molecule has 298 valence electrons. The van der Waals surface area contributed by atoms with E-state index in [1.807, 2.05) is 12.1 Å². The number of benzene rings is 4. The maximum absolute atomic E-state index is 11.9. The number of rotatable bonds is 16. The molecule has 0 aromatic heterocycles. The minimum absolute atomic E-state index is 0.0325. The lowest BCUT2D eigenvalue weighted by atomic mass is 10.1. The van der Waals surface area contributed by atoms with Gasteiger partial charge in [0.05, 0.1) is 35.6 Å². The van der Waals surface area contributed by atoms with Gasteiger partial charge in [-0.25, -0.2) is 19.2 Å². The van der Waals surface area contributed by atoms with Gasteiger partial charge in [0.1, 0.15) is 19.0 Å². The summed E-state index contributed by atoms with van der Waals surface area (Å²) >= 11 is 0. The van der Waals surface area contributed by atoms with Gasteiger partial charge < -0.3 is 58.5 Å². The van der Waals surface area contributed by atoms with E-state index < -0.39 is 17.9 Å².